The van der Waals surface area contributed by atoms with Gasteiger partial charge in [-0.05, 0) is 26.0 Å². The summed E-state index contributed by atoms with van der Waals surface area (Å²) in [4.78, 5) is 14.7. The molecule has 2 rings (SSSR count). The van der Waals surface area contributed by atoms with Crippen LogP contribution in [0.4, 0.5) is 0 Å². The van der Waals surface area contributed by atoms with Crippen LogP contribution in [-0.4, -0.2) is 25.7 Å². The molecule has 2 aromatic heterocycles. The fourth-order valence-corrected chi connectivity index (χ4v) is 1.53. The number of aliphatic carboxylic acids is 1. The maximum absolute atomic E-state index is 10.5. The zero-order chi connectivity index (χ0) is 11.7. The zero-order valence-electron chi connectivity index (χ0n) is 9.01. The molecule has 0 saturated heterocycles. The van der Waals surface area contributed by atoms with Crippen molar-refractivity contribution in [3.8, 4) is 0 Å². The molecule has 0 aliphatic heterocycles. The molecule has 0 unspecified atom stereocenters. The normalized spacial score (nSPS) is 11.4. The first-order chi connectivity index (χ1) is 7.59. The van der Waals surface area contributed by atoms with Gasteiger partial charge in [-0.2, -0.15) is 5.10 Å². The minimum Gasteiger partial charge on any atom is -0.478 e. The fourth-order valence-electron chi connectivity index (χ4n) is 1.53. The van der Waals surface area contributed by atoms with Gasteiger partial charge in [0, 0.05) is 23.5 Å². The van der Waals surface area contributed by atoms with Crippen LogP contribution >= 0.6 is 0 Å². The summed E-state index contributed by atoms with van der Waals surface area (Å²) in [5.74, 6) is -0.980. The van der Waals surface area contributed by atoms with E-state index in [1.165, 1.54) is 6.08 Å². The Morgan fingerprint density at radius 2 is 2.25 bits per heavy atom. The summed E-state index contributed by atoms with van der Waals surface area (Å²) in [6.45, 7) is 3.75. The maximum Gasteiger partial charge on any atom is 0.328 e. The Kier molecular flexibility index (Phi) is 2.44. The van der Waals surface area contributed by atoms with Crippen molar-refractivity contribution in [3.63, 3.8) is 0 Å². The summed E-state index contributed by atoms with van der Waals surface area (Å²) in [5.41, 5.74) is 3.14. The number of aromatic nitrogens is 3. The van der Waals surface area contributed by atoms with Crippen LogP contribution in [0.25, 0.3) is 11.7 Å². The Morgan fingerprint density at radius 1 is 1.50 bits per heavy atom. The van der Waals surface area contributed by atoms with Gasteiger partial charge in [-0.15, -0.1) is 0 Å². The lowest BCUT2D eigenvalue weighted by Gasteiger charge is -1.96. The largest absolute Gasteiger partial charge is 0.478 e. The van der Waals surface area contributed by atoms with E-state index >= 15 is 0 Å². The number of fused-ring (bicyclic) bond motifs is 1. The second kappa shape index (κ2) is 3.77. The van der Waals surface area contributed by atoms with E-state index in [2.05, 4.69) is 10.1 Å². The van der Waals surface area contributed by atoms with E-state index in [0.29, 0.717) is 5.65 Å². The van der Waals surface area contributed by atoms with Gasteiger partial charge in [-0.25, -0.2) is 14.3 Å². The molecule has 0 radical (unpaired) electrons. The molecule has 5 heteroatoms. The van der Waals surface area contributed by atoms with Gasteiger partial charge in [0.15, 0.2) is 5.65 Å². The number of carboxylic acid groups (broad SMARTS) is 1. The van der Waals surface area contributed by atoms with Crippen LogP contribution in [0.15, 0.2) is 18.3 Å². The Bertz CT molecular complexity index is 584. The number of hydrogen-bond donors (Lipinski definition) is 1. The second-order valence-corrected chi connectivity index (χ2v) is 3.49. The molecule has 1 N–H and O–H groups in total. The Hall–Kier alpha value is -2.17. The lowest BCUT2D eigenvalue weighted by molar-refractivity contribution is -0.131. The summed E-state index contributed by atoms with van der Waals surface area (Å²) in [7, 11) is 0. The lowest BCUT2D eigenvalue weighted by atomic mass is 10.2. The van der Waals surface area contributed by atoms with E-state index in [-0.39, 0.29) is 0 Å². The minimum atomic E-state index is -0.980. The summed E-state index contributed by atoms with van der Waals surface area (Å²) < 4.78 is 1.71. The highest BCUT2D eigenvalue weighted by atomic mass is 16.4. The number of rotatable bonds is 2. The van der Waals surface area contributed by atoms with Gasteiger partial charge in [-0.1, -0.05) is 0 Å². The predicted molar refractivity (Wildman–Crippen MR) is 59.1 cm³/mol. The SMILES string of the molecule is Cc1nn2c(C)ccnc2c1/C=C/C(=O)O. The predicted octanol–water partition coefficient (Wildman–Crippen LogP) is 1.44. The van der Waals surface area contributed by atoms with Crippen molar-refractivity contribution in [2.24, 2.45) is 0 Å². The molecule has 0 aromatic carbocycles. The molecule has 0 aliphatic rings. The highest BCUT2D eigenvalue weighted by Gasteiger charge is 2.08. The lowest BCUT2D eigenvalue weighted by Crippen LogP contribution is -1.94. The monoisotopic (exact) mass is 217 g/mol. The summed E-state index contributed by atoms with van der Waals surface area (Å²) in [6.07, 6.45) is 4.30. The van der Waals surface area contributed by atoms with Crippen molar-refractivity contribution in [3.05, 3.63) is 35.3 Å². The molecule has 5 nitrogen and oxygen atoms in total. The molecule has 0 amide bonds. The average Bonchev–Trinajstić information content (AvgIpc) is 2.53. The molecular formula is C11H11N3O2. The first-order valence-corrected chi connectivity index (χ1v) is 4.81. The smallest absolute Gasteiger partial charge is 0.328 e. The van der Waals surface area contributed by atoms with Crippen LogP contribution < -0.4 is 0 Å². The maximum atomic E-state index is 10.5. The zero-order valence-corrected chi connectivity index (χ0v) is 9.01. The van der Waals surface area contributed by atoms with Crippen molar-refractivity contribution in [2.45, 2.75) is 13.8 Å². The molecule has 0 aliphatic carbocycles. The topological polar surface area (TPSA) is 67.5 Å². The second-order valence-electron chi connectivity index (χ2n) is 3.49. The van der Waals surface area contributed by atoms with Crippen LogP contribution in [0.5, 0.6) is 0 Å². The molecule has 0 atom stereocenters. The number of carboxylic acids is 1. The van der Waals surface area contributed by atoms with Crippen LogP contribution in [0.2, 0.25) is 0 Å². The third kappa shape index (κ3) is 1.67. The van der Waals surface area contributed by atoms with E-state index in [1.54, 1.807) is 10.7 Å². The average molecular weight is 217 g/mol. The van der Waals surface area contributed by atoms with Crippen LogP contribution in [-0.2, 0) is 4.79 Å². The molecule has 2 aromatic rings. The van der Waals surface area contributed by atoms with Gasteiger partial charge in [-0.3, -0.25) is 0 Å². The minimum absolute atomic E-state index is 0.676. The molecule has 0 saturated carbocycles. The molecule has 0 bridgehead atoms. The Labute approximate surface area is 92.0 Å². The Morgan fingerprint density at radius 3 is 2.94 bits per heavy atom. The summed E-state index contributed by atoms with van der Waals surface area (Å²) in [6, 6.07) is 1.85. The van der Waals surface area contributed by atoms with E-state index in [1.807, 2.05) is 19.9 Å². The van der Waals surface area contributed by atoms with Crippen molar-refractivity contribution < 1.29 is 9.90 Å². The van der Waals surface area contributed by atoms with Crippen molar-refractivity contribution in [1.82, 2.24) is 14.6 Å². The summed E-state index contributed by atoms with van der Waals surface area (Å²) >= 11 is 0. The summed E-state index contributed by atoms with van der Waals surface area (Å²) in [5, 5.41) is 12.9. The van der Waals surface area contributed by atoms with Gasteiger partial charge >= 0.3 is 5.97 Å². The van der Waals surface area contributed by atoms with Gasteiger partial charge < -0.3 is 5.11 Å². The third-order valence-corrected chi connectivity index (χ3v) is 2.32. The van der Waals surface area contributed by atoms with Gasteiger partial charge in [0.1, 0.15) is 0 Å². The first kappa shape index (κ1) is 10.4. The molecule has 16 heavy (non-hydrogen) atoms. The standard InChI is InChI=1S/C11H11N3O2/c1-7-5-6-12-11-9(3-4-10(15)16)8(2)13-14(7)11/h3-6H,1-2H3,(H,15,16)/b4-3+. The van der Waals surface area contributed by atoms with Crippen molar-refractivity contribution >= 4 is 17.7 Å². The van der Waals surface area contributed by atoms with Gasteiger partial charge in [0.25, 0.3) is 0 Å². The Balaban J connectivity index is 2.65. The number of aryl methyl sites for hydroxylation is 2. The van der Waals surface area contributed by atoms with E-state index < -0.39 is 5.97 Å². The van der Waals surface area contributed by atoms with Crippen LogP contribution in [0, 0.1) is 13.8 Å². The third-order valence-electron chi connectivity index (χ3n) is 2.32. The van der Waals surface area contributed by atoms with Gasteiger partial charge in [0.05, 0.1) is 5.69 Å². The van der Waals surface area contributed by atoms with Crippen molar-refractivity contribution in [2.75, 3.05) is 0 Å². The van der Waals surface area contributed by atoms with E-state index in [9.17, 15) is 4.79 Å². The number of nitrogens with zero attached hydrogens (tertiary/aromatic N) is 3. The highest BCUT2D eigenvalue weighted by molar-refractivity contribution is 5.87. The van der Waals surface area contributed by atoms with E-state index in [0.717, 1.165) is 23.0 Å². The number of carbonyl (C=O) groups is 1. The fraction of sp³-hybridized carbons (Fsp3) is 0.182. The molecule has 0 fully saturated rings. The molecular weight excluding hydrogens is 206 g/mol. The molecule has 0 spiro atoms. The number of hydrogen-bond acceptors (Lipinski definition) is 3. The molecule has 82 valence electrons. The van der Waals surface area contributed by atoms with Crippen molar-refractivity contribution in [1.29, 1.82) is 0 Å². The van der Waals surface area contributed by atoms with Gasteiger partial charge in [0.2, 0.25) is 0 Å². The quantitative estimate of drug-likeness (QED) is 0.773. The molecule has 2 heterocycles. The van der Waals surface area contributed by atoms with Crippen LogP contribution in [0.3, 0.4) is 0 Å². The van der Waals surface area contributed by atoms with Crippen LogP contribution in [0.1, 0.15) is 17.0 Å². The van der Waals surface area contributed by atoms with E-state index in [4.69, 9.17) is 5.11 Å². The first-order valence-electron chi connectivity index (χ1n) is 4.81. The highest BCUT2D eigenvalue weighted by Crippen LogP contribution is 2.15.